The van der Waals surface area contributed by atoms with Crippen LogP contribution >= 0.6 is 0 Å². The molecule has 0 radical (unpaired) electrons. The zero-order valence-electron chi connectivity index (χ0n) is 17.4. The van der Waals surface area contributed by atoms with Gasteiger partial charge in [0, 0.05) is 32.1 Å². The fraction of sp³-hybridized carbons (Fsp3) is 0.524. The maximum absolute atomic E-state index is 13.0. The van der Waals surface area contributed by atoms with Crippen molar-refractivity contribution in [3.05, 3.63) is 46.8 Å². The summed E-state index contributed by atoms with van der Waals surface area (Å²) in [6.07, 6.45) is 0.697. The Morgan fingerprint density at radius 3 is 2.86 bits per heavy atom. The van der Waals surface area contributed by atoms with Gasteiger partial charge in [0.1, 0.15) is 12.4 Å². The minimum absolute atomic E-state index is 0.0749. The van der Waals surface area contributed by atoms with Crippen molar-refractivity contribution >= 4 is 5.91 Å². The molecule has 7 heteroatoms. The van der Waals surface area contributed by atoms with Crippen molar-refractivity contribution in [2.45, 2.75) is 39.0 Å². The second-order valence-electron chi connectivity index (χ2n) is 7.72. The molecule has 1 aliphatic rings. The summed E-state index contributed by atoms with van der Waals surface area (Å²) in [5.41, 5.74) is 3.40. The lowest BCUT2D eigenvalue weighted by Gasteiger charge is -2.25. The van der Waals surface area contributed by atoms with Crippen molar-refractivity contribution in [1.29, 1.82) is 0 Å². The molecule has 1 aliphatic heterocycles. The van der Waals surface area contributed by atoms with Crippen LogP contribution in [0.3, 0.4) is 0 Å². The Hall–Kier alpha value is -2.38. The highest BCUT2D eigenvalue weighted by atomic mass is 16.5. The van der Waals surface area contributed by atoms with Crippen LogP contribution in [0.25, 0.3) is 0 Å². The lowest BCUT2D eigenvalue weighted by atomic mass is 9.99. The number of nitrogens with zero attached hydrogens (tertiary/aromatic N) is 3. The summed E-state index contributed by atoms with van der Waals surface area (Å²) >= 11 is 0. The Bertz CT molecular complexity index is 818. The van der Waals surface area contributed by atoms with E-state index >= 15 is 0 Å². The summed E-state index contributed by atoms with van der Waals surface area (Å²) < 4.78 is 11.6. The number of carbonyl (C=O) groups is 1. The third-order valence-corrected chi connectivity index (χ3v) is 4.91. The van der Waals surface area contributed by atoms with Crippen molar-refractivity contribution in [2.75, 3.05) is 34.3 Å². The molecule has 0 bridgehead atoms. The molecule has 7 nitrogen and oxygen atoms in total. The predicted molar refractivity (Wildman–Crippen MR) is 108 cm³/mol. The molecule has 2 atom stereocenters. The molecule has 1 amide bonds. The molecule has 0 unspecified atom stereocenters. The summed E-state index contributed by atoms with van der Waals surface area (Å²) in [5, 5.41) is 7.29. The average Bonchev–Trinajstić information content (AvgIpc) is 3.05. The largest absolute Gasteiger partial charge is 0.492 e. The lowest BCUT2D eigenvalue weighted by molar-refractivity contribution is -0.00701. The van der Waals surface area contributed by atoms with E-state index in [1.165, 1.54) is 0 Å². The zero-order valence-corrected chi connectivity index (χ0v) is 17.4. The topological polar surface area (TPSA) is 70.7 Å². The number of rotatable bonds is 7. The van der Waals surface area contributed by atoms with Gasteiger partial charge < -0.3 is 19.3 Å². The molecule has 152 valence electrons. The first-order chi connectivity index (χ1) is 13.3. The fourth-order valence-corrected chi connectivity index (χ4v) is 3.46. The first-order valence-electron chi connectivity index (χ1n) is 9.69. The Morgan fingerprint density at radius 1 is 1.32 bits per heavy atom. The number of ether oxygens (including phenoxy) is 2. The number of aromatic nitrogens is 2. The van der Waals surface area contributed by atoms with Crippen LogP contribution in [0.2, 0.25) is 0 Å². The molecular formula is C21H30N4O3. The van der Waals surface area contributed by atoms with Crippen LogP contribution in [-0.2, 0) is 17.7 Å². The summed E-state index contributed by atoms with van der Waals surface area (Å²) in [5.74, 6) is 0.731. The SMILES string of the molecule is C[C@@H]1Cc2c(C(=O)N(C)Cc3cccc(OCCN(C)C)c3)n[nH]c2[C@H](C)O1. The lowest BCUT2D eigenvalue weighted by Crippen LogP contribution is -2.29. The standard InChI is InChI=1S/C21H30N4O3/c1-14-11-18-19(15(2)28-14)22-23-20(18)21(26)25(5)13-16-7-6-8-17(12-16)27-10-9-24(3)4/h6-8,12,14-15H,9-11,13H2,1-5H3,(H,22,23)/t14-,15+/m1/s1. The van der Waals surface area contributed by atoms with E-state index in [1.807, 2.05) is 52.2 Å². The van der Waals surface area contributed by atoms with Crippen LogP contribution < -0.4 is 4.74 Å². The normalized spacial score (nSPS) is 18.8. The number of H-pyrrole nitrogens is 1. The van der Waals surface area contributed by atoms with E-state index < -0.39 is 0 Å². The van der Waals surface area contributed by atoms with E-state index in [0.717, 1.165) is 29.1 Å². The number of nitrogens with one attached hydrogen (secondary N) is 1. The Balaban J connectivity index is 1.67. The number of likely N-dealkylation sites (N-methyl/N-ethyl adjacent to an activating group) is 1. The molecular weight excluding hydrogens is 356 g/mol. The minimum atomic E-state index is -0.0854. The second kappa shape index (κ2) is 8.75. The highest BCUT2D eigenvalue weighted by Gasteiger charge is 2.30. The van der Waals surface area contributed by atoms with Gasteiger partial charge in [0.2, 0.25) is 0 Å². The van der Waals surface area contributed by atoms with E-state index in [4.69, 9.17) is 9.47 Å². The van der Waals surface area contributed by atoms with Crippen molar-refractivity contribution in [2.24, 2.45) is 0 Å². The van der Waals surface area contributed by atoms with Gasteiger partial charge in [-0.25, -0.2) is 0 Å². The van der Waals surface area contributed by atoms with E-state index in [1.54, 1.807) is 11.9 Å². The third-order valence-electron chi connectivity index (χ3n) is 4.91. The summed E-state index contributed by atoms with van der Waals surface area (Å²) in [4.78, 5) is 16.8. The predicted octanol–water partition coefficient (Wildman–Crippen LogP) is 2.64. The molecule has 0 aliphatic carbocycles. The van der Waals surface area contributed by atoms with Gasteiger partial charge in [0.15, 0.2) is 5.69 Å². The molecule has 28 heavy (non-hydrogen) atoms. The average molecular weight is 386 g/mol. The van der Waals surface area contributed by atoms with Crippen LogP contribution in [-0.4, -0.2) is 66.3 Å². The summed E-state index contributed by atoms with van der Waals surface area (Å²) in [6, 6.07) is 7.88. The highest BCUT2D eigenvalue weighted by molar-refractivity contribution is 5.94. The number of hydrogen-bond donors (Lipinski definition) is 1. The molecule has 3 rings (SSSR count). The summed E-state index contributed by atoms with van der Waals surface area (Å²) in [7, 11) is 5.83. The molecule has 2 aromatic rings. The van der Waals surface area contributed by atoms with Gasteiger partial charge in [-0.3, -0.25) is 9.89 Å². The fourth-order valence-electron chi connectivity index (χ4n) is 3.46. The van der Waals surface area contributed by atoms with E-state index in [2.05, 4.69) is 15.1 Å². The Labute approximate surface area is 166 Å². The van der Waals surface area contributed by atoms with Gasteiger partial charge in [-0.05, 0) is 45.6 Å². The smallest absolute Gasteiger partial charge is 0.274 e. The van der Waals surface area contributed by atoms with Crippen LogP contribution in [0.15, 0.2) is 24.3 Å². The molecule has 1 aromatic carbocycles. The first-order valence-corrected chi connectivity index (χ1v) is 9.69. The minimum Gasteiger partial charge on any atom is -0.492 e. The molecule has 0 saturated heterocycles. The number of amides is 1. The third kappa shape index (κ3) is 4.72. The van der Waals surface area contributed by atoms with Gasteiger partial charge in [0.05, 0.1) is 17.9 Å². The quantitative estimate of drug-likeness (QED) is 0.792. The summed E-state index contributed by atoms with van der Waals surface area (Å²) in [6.45, 7) is 5.97. The van der Waals surface area contributed by atoms with E-state index in [0.29, 0.717) is 25.3 Å². The van der Waals surface area contributed by atoms with Crippen LogP contribution in [0.1, 0.15) is 47.3 Å². The van der Waals surface area contributed by atoms with Crippen molar-refractivity contribution in [3.63, 3.8) is 0 Å². The van der Waals surface area contributed by atoms with Crippen LogP contribution in [0, 0.1) is 0 Å². The highest BCUT2D eigenvalue weighted by Crippen LogP contribution is 2.30. The monoisotopic (exact) mass is 386 g/mol. The Kier molecular flexibility index (Phi) is 6.36. The van der Waals surface area contributed by atoms with E-state index in [-0.39, 0.29) is 18.1 Å². The zero-order chi connectivity index (χ0) is 20.3. The molecule has 0 fully saturated rings. The van der Waals surface area contributed by atoms with Crippen molar-refractivity contribution < 1.29 is 14.3 Å². The van der Waals surface area contributed by atoms with Crippen molar-refractivity contribution in [3.8, 4) is 5.75 Å². The molecule has 1 aromatic heterocycles. The molecule has 2 heterocycles. The number of hydrogen-bond acceptors (Lipinski definition) is 5. The van der Waals surface area contributed by atoms with Gasteiger partial charge in [-0.2, -0.15) is 5.10 Å². The molecule has 0 spiro atoms. The van der Waals surface area contributed by atoms with E-state index in [9.17, 15) is 4.79 Å². The van der Waals surface area contributed by atoms with Gasteiger partial charge in [-0.15, -0.1) is 0 Å². The number of carbonyl (C=O) groups excluding carboxylic acids is 1. The maximum Gasteiger partial charge on any atom is 0.274 e. The van der Waals surface area contributed by atoms with Crippen LogP contribution in [0.5, 0.6) is 5.75 Å². The Morgan fingerprint density at radius 2 is 2.11 bits per heavy atom. The molecule has 1 N–H and O–H groups in total. The molecule has 0 saturated carbocycles. The number of benzene rings is 1. The second-order valence-corrected chi connectivity index (χ2v) is 7.72. The van der Waals surface area contributed by atoms with Crippen molar-refractivity contribution in [1.82, 2.24) is 20.0 Å². The number of aromatic amines is 1. The number of fused-ring (bicyclic) bond motifs is 1. The van der Waals surface area contributed by atoms with Gasteiger partial charge in [-0.1, -0.05) is 12.1 Å². The first kappa shape index (κ1) is 20.4. The van der Waals surface area contributed by atoms with Gasteiger partial charge >= 0.3 is 0 Å². The van der Waals surface area contributed by atoms with Gasteiger partial charge in [0.25, 0.3) is 5.91 Å². The maximum atomic E-state index is 13.0. The van der Waals surface area contributed by atoms with Crippen LogP contribution in [0.4, 0.5) is 0 Å².